The van der Waals surface area contributed by atoms with Crippen molar-refractivity contribution in [3.8, 4) is 11.5 Å². The average Bonchev–Trinajstić information content (AvgIpc) is 2.71. The van der Waals surface area contributed by atoms with Crippen molar-refractivity contribution in [2.75, 3.05) is 24.4 Å². The van der Waals surface area contributed by atoms with Gasteiger partial charge in [0.15, 0.2) is 18.1 Å². The number of para-hydroxylation sites is 3. The Morgan fingerprint density at radius 2 is 1.71 bits per heavy atom. The van der Waals surface area contributed by atoms with E-state index in [1.807, 2.05) is 0 Å². The number of carbonyl (C=O) groups is 1. The Balaban J connectivity index is 1.57. The van der Waals surface area contributed by atoms with E-state index in [1.54, 1.807) is 30.3 Å². The van der Waals surface area contributed by atoms with Crippen molar-refractivity contribution < 1.29 is 23.0 Å². The van der Waals surface area contributed by atoms with Crippen LogP contribution >= 0.6 is 0 Å². The second kappa shape index (κ2) is 8.81. The van der Waals surface area contributed by atoms with Gasteiger partial charge in [0.2, 0.25) is 0 Å². The smallest absolute Gasteiger partial charge is 0.262 e. The second-order valence-corrected chi connectivity index (χ2v) is 5.64. The number of carbonyl (C=O) groups excluding carboxylic acids is 1. The minimum Gasteiger partial charge on any atom is -0.493 e. The van der Waals surface area contributed by atoms with Gasteiger partial charge in [0, 0.05) is 0 Å². The van der Waals surface area contributed by atoms with Crippen molar-refractivity contribution in [3.63, 3.8) is 0 Å². The normalized spacial score (nSPS) is 10.2. The number of hydrogen-bond donors (Lipinski definition) is 2. The first-order valence-electron chi connectivity index (χ1n) is 8.29. The molecule has 2 N–H and O–H groups in total. The van der Waals surface area contributed by atoms with Crippen LogP contribution in [-0.2, 0) is 4.79 Å². The van der Waals surface area contributed by atoms with Crippen molar-refractivity contribution in [2.24, 2.45) is 0 Å². The summed E-state index contributed by atoms with van der Waals surface area (Å²) in [6, 6.07) is 13.6. The molecule has 0 spiro atoms. The predicted molar refractivity (Wildman–Crippen MR) is 101 cm³/mol. The molecule has 0 saturated heterocycles. The number of halogens is 2. The number of amides is 1. The fourth-order valence-corrected chi connectivity index (χ4v) is 2.37. The SMILES string of the molecule is COc1ccccc1OCC(=O)Nc1ccc(Nc2c(F)cccc2F)nc1. The van der Waals surface area contributed by atoms with E-state index in [2.05, 4.69) is 15.6 Å². The molecule has 0 radical (unpaired) electrons. The van der Waals surface area contributed by atoms with Gasteiger partial charge in [-0.15, -0.1) is 0 Å². The number of aromatic nitrogens is 1. The molecule has 2 aromatic carbocycles. The topological polar surface area (TPSA) is 72.5 Å². The summed E-state index contributed by atoms with van der Waals surface area (Å²) in [5, 5.41) is 5.19. The van der Waals surface area contributed by atoms with Crippen LogP contribution in [0.3, 0.4) is 0 Å². The van der Waals surface area contributed by atoms with E-state index in [1.165, 1.54) is 25.4 Å². The van der Waals surface area contributed by atoms with Gasteiger partial charge in [-0.2, -0.15) is 0 Å². The number of methoxy groups -OCH3 is 1. The third kappa shape index (κ3) is 4.73. The Hall–Kier alpha value is -3.68. The summed E-state index contributed by atoms with van der Waals surface area (Å²) in [4.78, 5) is 16.1. The summed E-state index contributed by atoms with van der Waals surface area (Å²) in [7, 11) is 1.51. The predicted octanol–water partition coefficient (Wildman–Crippen LogP) is 4.13. The first-order chi connectivity index (χ1) is 13.6. The zero-order valence-electron chi connectivity index (χ0n) is 14.9. The van der Waals surface area contributed by atoms with E-state index in [9.17, 15) is 13.6 Å². The molecule has 0 bridgehead atoms. The maximum Gasteiger partial charge on any atom is 0.262 e. The minimum atomic E-state index is -0.729. The third-order valence-corrected chi connectivity index (χ3v) is 3.69. The number of hydrogen-bond acceptors (Lipinski definition) is 5. The van der Waals surface area contributed by atoms with Crippen molar-refractivity contribution >= 4 is 23.1 Å². The number of pyridine rings is 1. The monoisotopic (exact) mass is 385 g/mol. The van der Waals surface area contributed by atoms with Crippen LogP contribution in [0.15, 0.2) is 60.8 Å². The van der Waals surface area contributed by atoms with Gasteiger partial charge in [-0.25, -0.2) is 13.8 Å². The largest absolute Gasteiger partial charge is 0.493 e. The first kappa shape index (κ1) is 19.1. The molecule has 0 unspecified atom stereocenters. The zero-order valence-corrected chi connectivity index (χ0v) is 14.9. The minimum absolute atomic E-state index is 0.221. The lowest BCUT2D eigenvalue weighted by molar-refractivity contribution is -0.118. The van der Waals surface area contributed by atoms with Gasteiger partial charge in [-0.1, -0.05) is 18.2 Å². The number of nitrogens with zero attached hydrogens (tertiary/aromatic N) is 1. The second-order valence-electron chi connectivity index (χ2n) is 5.64. The van der Waals surface area contributed by atoms with E-state index >= 15 is 0 Å². The highest BCUT2D eigenvalue weighted by atomic mass is 19.1. The van der Waals surface area contributed by atoms with Crippen LogP contribution < -0.4 is 20.1 Å². The summed E-state index contributed by atoms with van der Waals surface area (Å²) in [6.45, 7) is -0.221. The number of ether oxygens (including phenoxy) is 2. The van der Waals surface area contributed by atoms with E-state index in [0.717, 1.165) is 12.1 Å². The molecular weight excluding hydrogens is 368 g/mol. The maximum atomic E-state index is 13.7. The lowest BCUT2D eigenvalue weighted by Crippen LogP contribution is -2.20. The Kier molecular flexibility index (Phi) is 6.01. The molecule has 0 aliphatic heterocycles. The van der Waals surface area contributed by atoms with Crippen molar-refractivity contribution in [1.29, 1.82) is 0 Å². The van der Waals surface area contributed by atoms with Crippen molar-refractivity contribution in [1.82, 2.24) is 4.98 Å². The molecule has 3 aromatic rings. The molecule has 0 fully saturated rings. The molecule has 1 heterocycles. The van der Waals surface area contributed by atoms with Crippen LogP contribution in [0.25, 0.3) is 0 Å². The van der Waals surface area contributed by atoms with Gasteiger partial charge >= 0.3 is 0 Å². The van der Waals surface area contributed by atoms with E-state index < -0.39 is 17.5 Å². The fraction of sp³-hybridized carbons (Fsp3) is 0.100. The van der Waals surface area contributed by atoms with Gasteiger partial charge < -0.3 is 20.1 Å². The summed E-state index contributed by atoms with van der Waals surface area (Å²) in [5.74, 6) is -0.654. The van der Waals surface area contributed by atoms with Crippen LogP contribution in [0.4, 0.5) is 26.0 Å². The zero-order chi connectivity index (χ0) is 19.9. The molecule has 0 atom stereocenters. The molecule has 0 aliphatic carbocycles. The van der Waals surface area contributed by atoms with E-state index in [4.69, 9.17) is 9.47 Å². The number of anilines is 3. The third-order valence-electron chi connectivity index (χ3n) is 3.69. The Morgan fingerprint density at radius 3 is 2.36 bits per heavy atom. The lowest BCUT2D eigenvalue weighted by atomic mass is 10.3. The van der Waals surface area contributed by atoms with Crippen LogP contribution in [0.5, 0.6) is 11.5 Å². The fourth-order valence-electron chi connectivity index (χ4n) is 2.37. The first-order valence-corrected chi connectivity index (χ1v) is 8.29. The summed E-state index contributed by atoms with van der Waals surface area (Å²) in [6.07, 6.45) is 1.36. The van der Waals surface area contributed by atoms with Crippen LogP contribution in [-0.4, -0.2) is 24.6 Å². The molecule has 3 rings (SSSR count). The number of benzene rings is 2. The van der Waals surface area contributed by atoms with Gasteiger partial charge in [-0.3, -0.25) is 4.79 Å². The average molecular weight is 385 g/mol. The number of nitrogens with one attached hydrogen (secondary N) is 2. The molecule has 0 saturated carbocycles. The molecule has 0 aliphatic rings. The van der Waals surface area contributed by atoms with Crippen LogP contribution in [0, 0.1) is 11.6 Å². The van der Waals surface area contributed by atoms with Gasteiger partial charge in [-0.05, 0) is 36.4 Å². The van der Waals surface area contributed by atoms with Crippen LogP contribution in [0.1, 0.15) is 0 Å². The van der Waals surface area contributed by atoms with E-state index in [0.29, 0.717) is 17.2 Å². The standard InChI is InChI=1S/C20H17F2N3O3/c1-27-16-7-2-3-8-17(16)28-12-19(26)24-13-9-10-18(23-11-13)25-20-14(21)5-4-6-15(20)22/h2-11H,12H2,1H3,(H,23,25)(H,24,26). The quantitative estimate of drug-likeness (QED) is 0.640. The molecule has 8 heteroatoms. The van der Waals surface area contributed by atoms with Gasteiger partial charge in [0.25, 0.3) is 5.91 Å². The molecular formula is C20H17F2N3O3. The van der Waals surface area contributed by atoms with Gasteiger partial charge in [0.1, 0.15) is 23.1 Å². The molecule has 6 nitrogen and oxygen atoms in total. The summed E-state index contributed by atoms with van der Waals surface area (Å²) in [5.41, 5.74) is 0.116. The molecule has 1 aromatic heterocycles. The molecule has 28 heavy (non-hydrogen) atoms. The maximum absolute atomic E-state index is 13.7. The van der Waals surface area contributed by atoms with E-state index in [-0.39, 0.29) is 18.1 Å². The summed E-state index contributed by atoms with van der Waals surface area (Å²) >= 11 is 0. The van der Waals surface area contributed by atoms with Crippen LogP contribution in [0.2, 0.25) is 0 Å². The Bertz CT molecular complexity index is 945. The Labute approximate surface area is 160 Å². The summed E-state index contributed by atoms with van der Waals surface area (Å²) < 4.78 is 37.9. The van der Waals surface area contributed by atoms with Gasteiger partial charge in [0.05, 0.1) is 19.0 Å². The van der Waals surface area contributed by atoms with Crippen molar-refractivity contribution in [2.45, 2.75) is 0 Å². The highest BCUT2D eigenvalue weighted by molar-refractivity contribution is 5.91. The number of rotatable bonds is 7. The highest BCUT2D eigenvalue weighted by Crippen LogP contribution is 2.26. The van der Waals surface area contributed by atoms with Crippen molar-refractivity contribution in [3.05, 3.63) is 72.4 Å². The highest BCUT2D eigenvalue weighted by Gasteiger charge is 2.10. The molecule has 1 amide bonds. The lowest BCUT2D eigenvalue weighted by Gasteiger charge is -2.11. The molecule has 144 valence electrons. The Morgan fingerprint density at radius 1 is 1.00 bits per heavy atom.